The minimum Gasteiger partial charge on any atom is -0.493 e. The predicted octanol–water partition coefficient (Wildman–Crippen LogP) is 5.26. The van der Waals surface area contributed by atoms with Gasteiger partial charge in [-0.25, -0.2) is 4.79 Å². The van der Waals surface area contributed by atoms with E-state index < -0.39 is 12.1 Å². The number of carboxylic acid groups (broad SMARTS) is 1. The van der Waals surface area contributed by atoms with Gasteiger partial charge >= 0.3 is 5.97 Å². The number of halogens is 2. The first-order valence-corrected chi connectivity index (χ1v) is 9.78. The molecular formula is C21H24Cl2O5. The summed E-state index contributed by atoms with van der Waals surface area (Å²) in [6.07, 6.45) is -0.0741. The maximum absolute atomic E-state index is 11.3. The van der Waals surface area contributed by atoms with Crippen LogP contribution in [0.1, 0.15) is 25.8 Å². The van der Waals surface area contributed by atoms with E-state index in [4.69, 9.17) is 37.4 Å². The first kappa shape index (κ1) is 22.3. The Bertz CT molecular complexity index is 779. The van der Waals surface area contributed by atoms with Crippen molar-refractivity contribution >= 4 is 29.2 Å². The lowest BCUT2D eigenvalue weighted by atomic mass is 10.1. The van der Waals surface area contributed by atoms with E-state index >= 15 is 0 Å². The first-order valence-electron chi connectivity index (χ1n) is 9.03. The lowest BCUT2D eigenvalue weighted by Crippen LogP contribution is -2.29. The van der Waals surface area contributed by atoms with Crippen molar-refractivity contribution in [3.05, 3.63) is 58.1 Å². The zero-order valence-electron chi connectivity index (χ0n) is 15.9. The summed E-state index contributed by atoms with van der Waals surface area (Å²) in [7, 11) is 0. The van der Waals surface area contributed by atoms with Gasteiger partial charge in [-0.15, -0.1) is 0 Å². The number of hydrogen-bond acceptors (Lipinski definition) is 4. The fourth-order valence-electron chi connectivity index (χ4n) is 2.50. The third kappa shape index (κ3) is 7.58. The molecule has 1 N–H and O–H groups in total. The molecule has 0 aliphatic heterocycles. The Morgan fingerprint density at radius 2 is 1.68 bits per heavy atom. The van der Waals surface area contributed by atoms with E-state index in [0.29, 0.717) is 41.2 Å². The second-order valence-corrected chi connectivity index (χ2v) is 7.30. The Kier molecular flexibility index (Phi) is 8.90. The molecule has 0 saturated carbocycles. The van der Waals surface area contributed by atoms with Gasteiger partial charge in [0.05, 0.1) is 29.4 Å². The van der Waals surface area contributed by atoms with E-state index in [0.717, 1.165) is 5.56 Å². The topological polar surface area (TPSA) is 65.0 Å². The summed E-state index contributed by atoms with van der Waals surface area (Å²) < 4.78 is 16.8. The van der Waals surface area contributed by atoms with Crippen LogP contribution in [0.2, 0.25) is 10.0 Å². The molecule has 0 aliphatic rings. The van der Waals surface area contributed by atoms with E-state index in [-0.39, 0.29) is 12.5 Å². The summed E-state index contributed by atoms with van der Waals surface area (Å²) in [5, 5.41) is 10.2. The number of rotatable bonds is 11. The summed E-state index contributed by atoms with van der Waals surface area (Å²) in [4.78, 5) is 11.3. The van der Waals surface area contributed by atoms with Crippen molar-refractivity contribution in [2.45, 2.75) is 38.9 Å². The van der Waals surface area contributed by atoms with Gasteiger partial charge < -0.3 is 19.3 Å². The summed E-state index contributed by atoms with van der Waals surface area (Å²) in [5.41, 5.74) is 0.845. The molecule has 0 aliphatic carbocycles. The molecule has 1 atom stereocenters. The van der Waals surface area contributed by atoms with Crippen LogP contribution in [0.5, 0.6) is 11.5 Å². The molecule has 5 nitrogen and oxygen atoms in total. The summed E-state index contributed by atoms with van der Waals surface area (Å²) >= 11 is 11.8. The second kappa shape index (κ2) is 11.1. The molecule has 0 unspecified atom stereocenters. The van der Waals surface area contributed by atoms with Crippen LogP contribution in [0.3, 0.4) is 0 Å². The first-order chi connectivity index (χ1) is 13.3. The van der Waals surface area contributed by atoms with Crippen LogP contribution < -0.4 is 9.47 Å². The highest BCUT2D eigenvalue weighted by Gasteiger charge is 2.20. The molecule has 7 heteroatoms. The molecule has 0 aromatic heterocycles. The Labute approximate surface area is 175 Å². The molecule has 2 rings (SSSR count). The van der Waals surface area contributed by atoms with Crippen LogP contribution in [0.4, 0.5) is 0 Å². The van der Waals surface area contributed by atoms with Crippen LogP contribution >= 0.6 is 23.2 Å². The van der Waals surface area contributed by atoms with Gasteiger partial charge in [-0.05, 0) is 43.7 Å². The van der Waals surface area contributed by atoms with Crippen molar-refractivity contribution < 1.29 is 24.1 Å². The van der Waals surface area contributed by atoms with Crippen molar-refractivity contribution in [2.24, 2.45) is 0 Å². The van der Waals surface area contributed by atoms with E-state index in [2.05, 4.69) is 0 Å². The van der Waals surface area contributed by atoms with Crippen molar-refractivity contribution in [2.75, 3.05) is 13.2 Å². The largest absolute Gasteiger partial charge is 0.493 e. The number of hydrogen-bond donors (Lipinski definition) is 1. The highest BCUT2D eigenvalue weighted by atomic mass is 35.5. The Morgan fingerprint density at radius 3 is 2.29 bits per heavy atom. The van der Waals surface area contributed by atoms with Crippen molar-refractivity contribution in [3.63, 3.8) is 0 Å². The van der Waals surface area contributed by atoms with Gasteiger partial charge in [0.25, 0.3) is 0 Å². The molecule has 0 radical (unpaired) electrons. The number of benzene rings is 2. The highest BCUT2D eigenvalue weighted by molar-refractivity contribution is 6.42. The Morgan fingerprint density at radius 1 is 1.00 bits per heavy atom. The molecule has 0 amide bonds. The Hall–Kier alpha value is -1.95. The van der Waals surface area contributed by atoms with Gasteiger partial charge in [0, 0.05) is 18.9 Å². The van der Waals surface area contributed by atoms with Gasteiger partial charge in [-0.1, -0.05) is 35.3 Å². The molecule has 2 aromatic rings. The standard InChI is InChI=1S/C21H24Cl2O5/c1-14(2)28-20(21(24)25)12-15-5-3-6-16(11-15)26-9-4-10-27-17-7-8-18(22)19(23)13-17/h3,5-8,11,13-14,20H,4,9-10,12H2,1-2H3,(H,24,25)/t20-/m0/s1. The molecule has 2 aromatic carbocycles. The summed E-state index contributed by atoms with van der Waals surface area (Å²) in [6, 6.07) is 12.5. The minimum absolute atomic E-state index is 0.156. The smallest absolute Gasteiger partial charge is 0.333 e. The third-order valence-corrected chi connectivity index (χ3v) is 4.49. The molecule has 0 heterocycles. The van der Waals surface area contributed by atoms with Gasteiger partial charge in [-0.2, -0.15) is 0 Å². The van der Waals surface area contributed by atoms with Gasteiger partial charge in [0.1, 0.15) is 11.5 Å². The van der Waals surface area contributed by atoms with Crippen molar-refractivity contribution in [1.82, 2.24) is 0 Å². The van der Waals surface area contributed by atoms with E-state index in [1.807, 2.05) is 38.1 Å². The van der Waals surface area contributed by atoms with Crippen LogP contribution in [0.25, 0.3) is 0 Å². The fourth-order valence-corrected chi connectivity index (χ4v) is 2.79. The molecule has 0 bridgehead atoms. The lowest BCUT2D eigenvalue weighted by Gasteiger charge is -2.17. The molecule has 28 heavy (non-hydrogen) atoms. The number of carboxylic acids is 1. The van der Waals surface area contributed by atoms with Crippen LogP contribution in [-0.2, 0) is 16.0 Å². The number of aliphatic carboxylic acids is 1. The van der Waals surface area contributed by atoms with E-state index in [1.165, 1.54) is 0 Å². The maximum atomic E-state index is 11.3. The zero-order chi connectivity index (χ0) is 20.5. The maximum Gasteiger partial charge on any atom is 0.333 e. The molecule has 0 fully saturated rings. The van der Waals surface area contributed by atoms with Crippen LogP contribution in [-0.4, -0.2) is 36.5 Å². The summed E-state index contributed by atoms with van der Waals surface area (Å²) in [5.74, 6) is 0.362. The normalized spacial score (nSPS) is 12.0. The lowest BCUT2D eigenvalue weighted by molar-refractivity contribution is -0.153. The van der Waals surface area contributed by atoms with Crippen molar-refractivity contribution in [3.8, 4) is 11.5 Å². The van der Waals surface area contributed by atoms with Gasteiger partial charge in [0.2, 0.25) is 0 Å². The third-order valence-electron chi connectivity index (χ3n) is 3.75. The molecule has 0 spiro atoms. The molecule has 152 valence electrons. The molecule has 0 saturated heterocycles. The quantitative estimate of drug-likeness (QED) is 0.496. The number of carbonyl (C=O) groups is 1. The highest BCUT2D eigenvalue weighted by Crippen LogP contribution is 2.26. The average molecular weight is 427 g/mol. The van der Waals surface area contributed by atoms with Crippen LogP contribution in [0.15, 0.2) is 42.5 Å². The van der Waals surface area contributed by atoms with Crippen molar-refractivity contribution in [1.29, 1.82) is 0 Å². The Balaban J connectivity index is 1.79. The second-order valence-electron chi connectivity index (χ2n) is 6.49. The fraction of sp³-hybridized carbons (Fsp3) is 0.381. The van der Waals surface area contributed by atoms with Gasteiger partial charge in [0.15, 0.2) is 6.10 Å². The predicted molar refractivity (Wildman–Crippen MR) is 110 cm³/mol. The van der Waals surface area contributed by atoms with E-state index in [1.54, 1.807) is 18.2 Å². The summed E-state index contributed by atoms with van der Waals surface area (Å²) in [6.45, 7) is 4.57. The SMILES string of the molecule is CC(C)O[C@@H](Cc1cccc(OCCCOc2ccc(Cl)c(Cl)c2)c1)C(=O)O. The zero-order valence-corrected chi connectivity index (χ0v) is 17.4. The minimum atomic E-state index is -0.973. The average Bonchev–Trinajstić information content (AvgIpc) is 2.63. The molecular weight excluding hydrogens is 403 g/mol. The number of ether oxygens (including phenoxy) is 3. The van der Waals surface area contributed by atoms with Gasteiger partial charge in [-0.3, -0.25) is 0 Å². The van der Waals surface area contributed by atoms with E-state index in [9.17, 15) is 9.90 Å². The van der Waals surface area contributed by atoms with Crippen LogP contribution in [0, 0.1) is 0 Å². The monoisotopic (exact) mass is 426 g/mol.